The van der Waals surface area contributed by atoms with Crippen LogP contribution in [0.1, 0.15) is 18.2 Å². The average molecular weight is 305 g/mol. The number of hydrogen-bond donors (Lipinski definition) is 1. The monoisotopic (exact) mass is 305 g/mol. The van der Waals surface area contributed by atoms with Gasteiger partial charge in [-0.15, -0.1) is 0 Å². The number of carbonyl (C=O) groups excluding carboxylic acids is 1. The van der Waals surface area contributed by atoms with Crippen LogP contribution in [0.4, 0.5) is 5.82 Å². The number of anilines is 1. The molecule has 0 fully saturated rings. The van der Waals surface area contributed by atoms with E-state index in [0.717, 1.165) is 28.2 Å². The third-order valence-electron chi connectivity index (χ3n) is 3.66. The number of aromatic nitrogens is 2. The molecule has 0 atom stereocenters. The maximum atomic E-state index is 11.7. The Bertz CT molecular complexity index is 807. The molecule has 2 aromatic carbocycles. The zero-order valence-corrected chi connectivity index (χ0v) is 13.3. The SMILES string of the molecule is CC(=O)Nc1c(-c2ccccc2)c(C)nn1Cc1ccccc1. The lowest BCUT2D eigenvalue weighted by molar-refractivity contribution is -0.114. The van der Waals surface area contributed by atoms with E-state index in [2.05, 4.69) is 22.5 Å². The van der Waals surface area contributed by atoms with Gasteiger partial charge in [0.15, 0.2) is 0 Å². The molecule has 0 saturated heterocycles. The Morgan fingerprint density at radius 3 is 2.26 bits per heavy atom. The largest absolute Gasteiger partial charge is 0.311 e. The van der Waals surface area contributed by atoms with E-state index >= 15 is 0 Å². The van der Waals surface area contributed by atoms with Crippen LogP contribution in [0, 0.1) is 6.92 Å². The fourth-order valence-corrected chi connectivity index (χ4v) is 2.70. The molecular formula is C19H19N3O. The predicted molar refractivity (Wildman–Crippen MR) is 92.2 cm³/mol. The predicted octanol–water partition coefficient (Wildman–Crippen LogP) is 3.87. The second-order valence-electron chi connectivity index (χ2n) is 5.50. The quantitative estimate of drug-likeness (QED) is 0.795. The van der Waals surface area contributed by atoms with Crippen molar-refractivity contribution in [3.63, 3.8) is 0 Å². The highest BCUT2D eigenvalue weighted by molar-refractivity contribution is 5.93. The van der Waals surface area contributed by atoms with E-state index in [1.807, 2.05) is 60.1 Å². The standard InChI is InChI=1S/C19H19N3O/c1-14-18(17-11-7-4-8-12-17)19(20-15(2)23)22(21-14)13-16-9-5-3-6-10-16/h3-12H,13H2,1-2H3,(H,20,23). The van der Waals surface area contributed by atoms with Crippen LogP contribution in [-0.4, -0.2) is 15.7 Å². The molecule has 1 heterocycles. The Kier molecular flexibility index (Phi) is 4.24. The fourth-order valence-electron chi connectivity index (χ4n) is 2.70. The van der Waals surface area contributed by atoms with Gasteiger partial charge >= 0.3 is 0 Å². The lowest BCUT2D eigenvalue weighted by Gasteiger charge is -2.10. The third-order valence-corrected chi connectivity index (χ3v) is 3.66. The summed E-state index contributed by atoms with van der Waals surface area (Å²) in [5, 5.41) is 7.58. The summed E-state index contributed by atoms with van der Waals surface area (Å²) in [5.41, 5.74) is 4.06. The minimum absolute atomic E-state index is 0.101. The average Bonchev–Trinajstić information content (AvgIpc) is 2.84. The molecule has 0 aliphatic heterocycles. The van der Waals surface area contributed by atoms with Crippen molar-refractivity contribution in [2.45, 2.75) is 20.4 Å². The van der Waals surface area contributed by atoms with Gasteiger partial charge in [0.1, 0.15) is 5.82 Å². The van der Waals surface area contributed by atoms with Gasteiger partial charge in [-0.3, -0.25) is 4.79 Å². The molecule has 0 aliphatic carbocycles. The summed E-state index contributed by atoms with van der Waals surface area (Å²) >= 11 is 0. The summed E-state index contributed by atoms with van der Waals surface area (Å²) in [7, 11) is 0. The van der Waals surface area contributed by atoms with Crippen molar-refractivity contribution in [3.05, 3.63) is 71.9 Å². The number of nitrogens with one attached hydrogen (secondary N) is 1. The first-order valence-electron chi connectivity index (χ1n) is 7.59. The zero-order chi connectivity index (χ0) is 16.2. The third kappa shape index (κ3) is 3.31. The van der Waals surface area contributed by atoms with Crippen molar-refractivity contribution in [1.29, 1.82) is 0 Å². The number of rotatable bonds is 4. The summed E-state index contributed by atoms with van der Waals surface area (Å²) in [6, 6.07) is 20.1. The molecule has 0 bridgehead atoms. The Morgan fingerprint density at radius 1 is 1.04 bits per heavy atom. The first-order valence-corrected chi connectivity index (χ1v) is 7.59. The van der Waals surface area contributed by atoms with Crippen molar-refractivity contribution in [2.24, 2.45) is 0 Å². The van der Waals surface area contributed by atoms with E-state index in [-0.39, 0.29) is 5.91 Å². The normalized spacial score (nSPS) is 10.5. The molecule has 23 heavy (non-hydrogen) atoms. The van der Waals surface area contributed by atoms with Crippen molar-refractivity contribution in [1.82, 2.24) is 9.78 Å². The highest BCUT2D eigenvalue weighted by atomic mass is 16.1. The molecule has 1 N–H and O–H groups in total. The highest BCUT2D eigenvalue weighted by Gasteiger charge is 2.17. The van der Waals surface area contributed by atoms with Crippen molar-refractivity contribution < 1.29 is 4.79 Å². The zero-order valence-electron chi connectivity index (χ0n) is 13.3. The summed E-state index contributed by atoms with van der Waals surface area (Å²) < 4.78 is 1.86. The summed E-state index contributed by atoms with van der Waals surface area (Å²) in [4.78, 5) is 11.7. The van der Waals surface area contributed by atoms with E-state index in [1.54, 1.807) is 0 Å². The molecule has 3 aromatic rings. The molecule has 0 unspecified atom stereocenters. The molecule has 0 spiro atoms. The number of hydrogen-bond acceptors (Lipinski definition) is 2. The Labute approximate surface area is 135 Å². The molecule has 116 valence electrons. The van der Waals surface area contributed by atoms with Crippen LogP contribution in [0.5, 0.6) is 0 Å². The maximum absolute atomic E-state index is 11.7. The van der Waals surface area contributed by atoms with E-state index in [4.69, 9.17) is 0 Å². The van der Waals surface area contributed by atoms with Crippen LogP contribution in [0.2, 0.25) is 0 Å². The van der Waals surface area contributed by atoms with Gasteiger partial charge in [-0.2, -0.15) is 5.10 Å². The highest BCUT2D eigenvalue weighted by Crippen LogP contribution is 2.31. The summed E-state index contributed by atoms with van der Waals surface area (Å²) in [6.45, 7) is 4.10. The van der Waals surface area contributed by atoms with E-state index < -0.39 is 0 Å². The van der Waals surface area contributed by atoms with E-state index in [9.17, 15) is 4.79 Å². The van der Waals surface area contributed by atoms with Gasteiger partial charge in [-0.1, -0.05) is 60.7 Å². The summed E-state index contributed by atoms with van der Waals surface area (Å²) in [5.74, 6) is 0.640. The minimum Gasteiger partial charge on any atom is -0.311 e. The molecule has 0 radical (unpaired) electrons. The van der Waals surface area contributed by atoms with E-state index in [0.29, 0.717) is 6.54 Å². The first-order chi connectivity index (χ1) is 11.1. The van der Waals surface area contributed by atoms with Crippen LogP contribution in [0.3, 0.4) is 0 Å². The minimum atomic E-state index is -0.101. The molecular weight excluding hydrogens is 286 g/mol. The second kappa shape index (κ2) is 6.48. The van der Waals surface area contributed by atoms with Crippen molar-refractivity contribution in [2.75, 3.05) is 5.32 Å². The lowest BCUT2D eigenvalue weighted by atomic mass is 10.1. The van der Waals surface area contributed by atoms with Crippen LogP contribution in [0.15, 0.2) is 60.7 Å². The van der Waals surface area contributed by atoms with Crippen LogP contribution >= 0.6 is 0 Å². The van der Waals surface area contributed by atoms with Gasteiger partial charge in [0, 0.05) is 12.5 Å². The fraction of sp³-hybridized carbons (Fsp3) is 0.158. The number of aryl methyl sites for hydroxylation is 1. The van der Waals surface area contributed by atoms with Gasteiger partial charge < -0.3 is 5.32 Å². The van der Waals surface area contributed by atoms with Gasteiger partial charge in [-0.25, -0.2) is 4.68 Å². The van der Waals surface area contributed by atoms with Gasteiger partial charge in [-0.05, 0) is 18.1 Å². The number of carbonyl (C=O) groups is 1. The molecule has 3 rings (SSSR count). The van der Waals surface area contributed by atoms with Crippen molar-refractivity contribution in [3.8, 4) is 11.1 Å². The smallest absolute Gasteiger partial charge is 0.222 e. The molecule has 1 amide bonds. The Balaban J connectivity index is 2.08. The molecule has 4 nitrogen and oxygen atoms in total. The molecule has 4 heteroatoms. The van der Waals surface area contributed by atoms with Gasteiger partial charge in [0.2, 0.25) is 5.91 Å². The van der Waals surface area contributed by atoms with Gasteiger partial charge in [0.05, 0.1) is 12.2 Å². The first kappa shape index (κ1) is 15.0. The van der Waals surface area contributed by atoms with Crippen molar-refractivity contribution >= 4 is 11.7 Å². The Hall–Kier alpha value is -2.88. The topological polar surface area (TPSA) is 46.9 Å². The second-order valence-corrected chi connectivity index (χ2v) is 5.50. The van der Waals surface area contributed by atoms with Crippen LogP contribution in [0.25, 0.3) is 11.1 Å². The van der Waals surface area contributed by atoms with Crippen LogP contribution < -0.4 is 5.32 Å². The van der Waals surface area contributed by atoms with Crippen LogP contribution in [-0.2, 0) is 11.3 Å². The van der Waals surface area contributed by atoms with Gasteiger partial charge in [0.25, 0.3) is 0 Å². The molecule has 1 aromatic heterocycles. The lowest BCUT2D eigenvalue weighted by Crippen LogP contribution is -2.13. The number of nitrogens with zero attached hydrogens (tertiary/aromatic N) is 2. The molecule has 0 aliphatic rings. The van der Waals surface area contributed by atoms with E-state index in [1.165, 1.54) is 6.92 Å². The number of benzene rings is 2. The maximum Gasteiger partial charge on any atom is 0.222 e. The number of amides is 1. The summed E-state index contributed by atoms with van der Waals surface area (Å²) in [6.07, 6.45) is 0. The Morgan fingerprint density at radius 2 is 1.65 bits per heavy atom. The molecule has 0 saturated carbocycles.